The maximum atomic E-state index is 12.0. The summed E-state index contributed by atoms with van der Waals surface area (Å²) >= 11 is 1.83. The van der Waals surface area contributed by atoms with Crippen molar-refractivity contribution in [2.45, 2.75) is 63.7 Å². The largest absolute Gasteiger partial charge is 0.298 e. The van der Waals surface area contributed by atoms with Crippen LogP contribution in [0.3, 0.4) is 0 Å². The third-order valence-corrected chi connectivity index (χ3v) is 4.96. The fourth-order valence-electron chi connectivity index (χ4n) is 2.50. The van der Waals surface area contributed by atoms with E-state index in [9.17, 15) is 4.79 Å². The van der Waals surface area contributed by atoms with Gasteiger partial charge in [0.2, 0.25) is 0 Å². The van der Waals surface area contributed by atoms with Crippen LogP contribution in [0.5, 0.6) is 0 Å². The van der Waals surface area contributed by atoms with Crippen LogP contribution in [-0.4, -0.2) is 31.6 Å². The third-order valence-electron chi connectivity index (χ3n) is 3.52. The Balaban J connectivity index is 1.78. The molecular formula is C14H23N3OS. The first-order valence-electron chi connectivity index (χ1n) is 7.18. The summed E-state index contributed by atoms with van der Waals surface area (Å²) in [6.07, 6.45) is 8.53. The standard InChI is InChI=1S/C14H23N3OS/c1-11(2)17-14(15-10-16-17)8-12(18)9-19-13-6-4-3-5-7-13/h10-11,13H,3-9H2,1-2H3. The zero-order valence-electron chi connectivity index (χ0n) is 11.8. The van der Waals surface area contributed by atoms with Gasteiger partial charge >= 0.3 is 0 Å². The minimum atomic E-state index is 0.260. The van der Waals surface area contributed by atoms with Crippen LogP contribution < -0.4 is 0 Å². The molecule has 0 aromatic carbocycles. The van der Waals surface area contributed by atoms with Gasteiger partial charge in [0.05, 0.1) is 12.2 Å². The second-order valence-corrected chi connectivity index (χ2v) is 6.79. The zero-order chi connectivity index (χ0) is 13.7. The van der Waals surface area contributed by atoms with Gasteiger partial charge in [-0.05, 0) is 26.7 Å². The van der Waals surface area contributed by atoms with Crippen molar-refractivity contribution in [2.24, 2.45) is 0 Å². The van der Waals surface area contributed by atoms with Crippen molar-refractivity contribution in [3.63, 3.8) is 0 Å². The minimum Gasteiger partial charge on any atom is -0.298 e. The van der Waals surface area contributed by atoms with E-state index in [4.69, 9.17) is 0 Å². The smallest absolute Gasteiger partial charge is 0.150 e. The Morgan fingerprint density at radius 1 is 1.42 bits per heavy atom. The molecule has 0 amide bonds. The van der Waals surface area contributed by atoms with E-state index in [1.54, 1.807) is 0 Å². The van der Waals surface area contributed by atoms with Gasteiger partial charge < -0.3 is 0 Å². The van der Waals surface area contributed by atoms with Crippen molar-refractivity contribution in [3.05, 3.63) is 12.2 Å². The second kappa shape index (κ2) is 7.08. The number of hydrogen-bond acceptors (Lipinski definition) is 4. The molecule has 4 nitrogen and oxygen atoms in total. The van der Waals surface area contributed by atoms with Gasteiger partial charge in [-0.3, -0.25) is 4.79 Å². The molecule has 1 aliphatic carbocycles. The van der Waals surface area contributed by atoms with Crippen LogP contribution in [0.2, 0.25) is 0 Å². The molecule has 0 unspecified atom stereocenters. The molecule has 1 fully saturated rings. The van der Waals surface area contributed by atoms with E-state index in [-0.39, 0.29) is 11.8 Å². The van der Waals surface area contributed by atoms with Crippen molar-refractivity contribution < 1.29 is 4.79 Å². The van der Waals surface area contributed by atoms with Crippen LogP contribution in [-0.2, 0) is 11.2 Å². The number of Topliss-reactive ketones (excluding diaryl/α,β-unsaturated/α-hetero) is 1. The van der Waals surface area contributed by atoms with Gasteiger partial charge in [0.1, 0.15) is 17.9 Å². The molecule has 2 rings (SSSR count). The lowest BCUT2D eigenvalue weighted by molar-refractivity contribution is -0.116. The Labute approximate surface area is 119 Å². The molecule has 0 aliphatic heterocycles. The summed E-state index contributed by atoms with van der Waals surface area (Å²) < 4.78 is 1.84. The van der Waals surface area contributed by atoms with Crippen LogP contribution in [0.1, 0.15) is 57.8 Å². The van der Waals surface area contributed by atoms with Crippen LogP contribution in [0.25, 0.3) is 0 Å². The molecule has 1 aromatic heterocycles. The number of ketones is 1. The Hall–Kier alpha value is -0.840. The molecule has 1 aromatic rings. The average molecular weight is 281 g/mol. The van der Waals surface area contributed by atoms with Gasteiger partial charge in [0, 0.05) is 11.3 Å². The number of rotatable bonds is 6. The van der Waals surface area contributed by atoms with Crippen LogP contribution in [0.4, 0.5) is 0 Å². The Bertz CT molecular complexity index is 411. The zero-order valence-corrected chi connectivity index (χ0v) is 12.7. The Kier molecular flexibility index (Phi) is 5.43. The molecule has 106 valence electrons. The van der Waals surface area contributed by atoms with Crippen molar-refractivity contribution in [3.8, 4) is 0 Å². The molecule has 5 heteroatoms. The highest BCUT2D eigenvalue weighted by Crippen LogP contribution is 2.28. The monoisotopic (exact) mass is 281 g/mol. The molecular weight excluding hydrogens is 258 g/mol. The Morgan fingerprint density at radius 2 is 2.16 bits per heavy atom. The van der Waals surface area contributed by atoms with Crippen LogP contribution in [0, 0.1) is 0 Å². The maximum Gasteiger partial charge on any atom is 0.150 e. The van der Waals surface area contributed by atoms with Crippen molar-refractivity contribution >= 4 is 17.5 Å². The molecule has 19 heavy (non-hydrogen) atoms. The average Bonchev–Trinajstić information content (AvgIpc) is 2.86. The first-order valence-corrected chi connectivity index (χ1v) is 8.23. The molecule has 0 radical (unpaired) electrons. The quantitative estimate of drug-likeness (QED) is 0.804. The summed E-state index contributed by atoms with van der Waals surface area (Å²) in [6.45, 7) is 4.11. The molecule has 0 bridgehead atoms. The normalized spacial score (nSPS) is 17.0. The molecule has 0 N–H and O–H groups in total. The van der Waals surface area contributed by atoms with Gasteiger partial charge in [-0.2, -0.15) is 16.9 Å². The summed E-state index contributed by atoms with van der Waals surface area (Å²) in [5.74, 6) is 1.69. The summed E-state index contributed by atoms with van der Waals surface area (Å²) in [4.78, 5) is 16.2. The van der Waals surface area contributed by atoms with E-state index in [2.05, 4.69) is 23.9 Å². The lowest BCUT2D eigenvalue weighted by atomic mass is 10.0. The predicted molar refractivity (Wildman–Crippen MR) is 78.4 cm³/mol. The number of aromatic nitrogens is 3. The highest BCUT2D eigenvalue weighted by molar-refractivity contribution is 8.00. The molecule has 0 saturated heterocycles. The molecule has 1 aliphatic rings. The van der Waals surface area contributed by atoms with Gasteiger partial charge in [0.25, 0.3) is 0 Å². The first kappa shape index (κ1) is 14.6. The fourth-order valence-corrected chi connectivity index (χ4v) is 3.69. The van der Waals surface area contributed by atoms with E-state index < -0.39 is 0 Å². The summed E-state index contributed by atoms with van der Waals surface area (Å²) in [7, 11) is 0. The van der Waals surface area contributed by atoms with Crippen LogP contribution in [0.15, 0.2) is 6.33 Å². The second-order valence-electron chi connectivity index (χ2n) is 5.50. The van der Waals surface area contributed by atoms with Crippen molar-refractivity contribution in [2.75, 3.05) is 5.75 Å². The minimum absolute atomic E-state index is 0.260. The van der Waals surface area contributed by atoms with Crippen molar-refractivity contribution in [1.29, 1.82) is 0 Å². The van der Waals surface area contributed by atoms with Gasteiger partial charge in [0.15, 0.2) is 0 Å². The highest BCUT2D eigenvalue weighted by atomic mass is 32.2. The fraction of sp³-hybridized carbons (Fsp3) is 0.786. The third kappa shape index (κ3) is 4.34. The molecule has 1 heterocycles. The van der Waals surface area contributed by atoms with Crippen LogP contribution >= 0.6 is 11.8 Å². The molecule has 0 spiro atoms. The van der Waals surface area contributed by atoms with E-state index in [0.29, 0.717) is 17.4 Å². The summed E-state index contributed by atoms with van der Waals surface area (Å²) in [6, 6.07) is 0.260. The predicted octanol–water partition coefficient (Wildman–Crippen LogP) is 3.04. The van der Waals surface area contributed by atoms with Crippen molar-refractivity contribution in [1.82, 2.24) is 14.8 Å². The number of carbonyl (C=O) groups excluding carboxylic acids is 1. The van der Waals surface area contributed by atoms with E-state index in [1.807, 2.05) is 16.4 Å². The van der Waals surface area contributed by atoms with E-state index in [0.717, 1.165) is 5.82 Å². The highest BCUT2D eigenvalue weighted by Gasteiger charge is 2.17. The van der Waals surface area contributed by atoms with E-state index >= 15 is 0 Å². The summed E-state index contributed by atoms with van der Waals surface area (Å²) in [5.41, 5.74) is 0. The number of carbonyl (C=O) groups is 1. The number of nitrogens with zero attached hydrogens (tertiary/aromatic N) is 3. The SMILES string of the molecule is CC(C)n1ncnc1CC(=O)CSC1CCCCC1. The maximum absolute atomic E-state index is 12.0. The van der Waals surface area contributed by atoms with E-state index in [1.165, 1.54) is 38.4 Å². The van der Waals surface area contributed by atoms with Gasteiger partial charge in [-0.15, -0.1) is 0 Å². The topological polar surface area (TPSA) is 47.8 Å². The van der Waals surface area contributed by atoms with Gasteiger partial charge in [-0.1, -0.05) is 19.3 Å². The summed E-state index contributed by atoms with van der Waals surface area (Å²) in [5, 5.41) is 4.86. The molecule has 0 atom stereocenters. The lowest BCUT2D eigenvalue weighted by Gasteiger charge is -2.20. The number of thioether (sulfide) groups is 1. The lowest BCUT2D eigenvalue weighted by Crippen LogP contribution is -2.16. The first-order chi connectivity index (χ1) is 9.16. The van der Waals surface area contributed by atoms with Gasteiger partial charge in [-0.25, -0.2) is 9.67 Å². The Morgan fingerprint density at radius 3 is 2.84 bits per heavy atom. The number of hydrogen-bond donors (Lipinski definition) is 0. The molecule has 1 saturated carbocycles.